The van der Waals surface area contributed by atoms with Crippen LogP contribution in [0.5, 0.6) is 0 Å². The lowest BCUT2D eigenvalue weighted by molar-refractivity contribution is 0.189. The molecule has 1 aromatic carbocycles. The number of anilines is 1. The highest BCUT2D eigenvalue weighted by Crippen LogP contribution is 2.26. The molecule has 2 aliphatic rings. The number of likely N-dealkylation sites (tertiary alicyclic amines) is 1. The first-order valence-corrected chi connectivity index (χ1v) is 10.2. The van der Waals surface area contributed by atoms with Gasteiger partial charge in [-0.3, -0.25) is 4.90 Å². The molecule has 5 nitrogen and oxygen atoms in total. The zero-order valence-corrected chi connectivity index (χ0v) is 16.8. The number of piperidine rings is 1. The Hall–Kier alpha value is -1.98. The van der Waals surface area contributed by atoms with Gasteiger partial charge < -0.3 is 9.80 Å². The van der Waals surface area contributed by atoms with E-state index in [1.807, 2.05) is 18.2 Å². The molecule has 0 N–H and O–H groups in total. The van der Waals surface area contributed by atoms with E-state index in [9.17, 15) is 0 Å². The quantitative estimate of drug-likeness (QED) is 0.832. The van der Waals surface area contributed by atoms with Crippen molar-refractivity contribution < 1.29 is 0 Å². The third kappa shape index (κ3) is 4.14. The number of aromatic nitrogens is 2. The molecule has 3 heterocycles. The zero-order chi connectivity index (χ0) is 18.8. The molecule has 0 spiro atoms. The van der Waals surface area contributed by atoms with E-state index in [1.165, 1.54) is 32.4 Å². The Balaban J connectivity index is 1.42. The van der Waals surface area contributed by atoms with Crippen molar-refractivity contribution in [3.05, 3.63) is 42.1 Å². The minimum atomic E-state index is 0.723. The van der Waals surface area contributed by atoms with Crippen LogP contribution >= 0.6 is 0 Å². The van der Waals surface area contributed by atoms with Crippen LogP contribution in [0.15, 0.2) is 36.4 Å². The SMILES string of the molecule is Cc1cc(N2CCC(N3CCC(N(C)C)C3)CC2)nc(-c2ccccc2)n1. The molecule has 0 saturated carbocycles. The van der Waals surface area contributed by atoms with Gasteiger partial charge in [0, 0.05) is 55.6 Å². The lowest BCUT2D eigenvalue weighted by atomic mass is 10.0. The minimum Gasteiger partial charge on any atom is -0.356 e. The molecule has 0 radical (unpaired) electrons. The molecule has 2 saturated heterocycles. The van der Waals surface area contributed by atoms with E-state index in [1.54, 1.807) is 0 Å². The zero-order valence-electron chi connectivity index (χ0n) is 16.8. The van der Waals surface area contributed by atoms with Crippen LogP contribution in [-0.4, -0.2) is 72.1 Å². The first kappa shape index (κ1) is 18.4. The standard InChI is InChI=1S/C22H31N5/c1-17-15-21(24-22(23-17)18-7-5-4-6-8-18)26-12-9-19(10-13-26)27-14-11-20(16-27)25(2)3/h4-8,15,19-20H,9-14,16H2,1-3H3. The Morgan fingerprint density at radius 1 is 0.963 bits per heavy atom. The molecular weight excluding hydrogens is 334 g/mol. The van der Waals surface area contributed by atoms with Gasteiger partial charge in [-0.05, 0) is 40.3 Å². The second-order valence-corrected chi connectivity index (χ2v) is 8.18. The van der Waals surface area contributed by atoms with E-state index < -0.39 is 0 Å². The van der Waals surface area contributed by atoms with Crippen LogP contribution in [0.1, 0.15) is 25.0 Å². The van der Waals surface area contributed by atoms with Gasteiger partial charge in [-0.1, -0.05) is 30.3 Å². The number of benzene rings is 1. The number of hydrogen-bond acceptors (Lipinski definition) is 5. The molecule has 1 aromatic heterocycles. The minimum absolute atomic E-state index is 0.723. The molecule has 2 aliphatic heterocycles. The lowest BCUT2D eigenvalue weighted by Crippen LogP contribution is -2.45. The summed E-state index contributed by atoms with van der Waals surface area (Å²) in [6, 6.07) is 13.9. The smallest absolute Gasteiger partial charge is 0.161 e. The van der Waals surface area contributed by atoms with Crippen molar-refractivity contribution in [1.29, 1.82) is 0 Å². The van der Waals surface area contributed by atoms with Crippen LogP contribution in [0.25, 0.3) is 11.4 Å². The summed E-state index contributed by atoms with van der Waals surface area (Å²) in [6.07, 6.45) is 3.76. The summed E-state index contributed by atoms with van der Waals surface area (Å²) in [4.78, 5) is 17.1. The number of aryl methyl sites for hydroxylation is 1. The predicted octanol–water partition coefficient (Wildman–Crippen LogP) is 3.06. The fourth-order valence-electron chi connectivity index (χ4n) is 4.41. The molecule has 2 aromatic rings. The van der Waals surface area contributed by atoms with Crippen LogP contribution in [0.4, 0.5) is 5.82 Å². The molecule has 1 unspecified atom stereocenters. The molecule has 4 rings (SSSR count). The monoisotopic (exact) mass is 365 g/mol. The summed E-state index contributed by atoms with van der Waals surface area (Å²) in [7, 11) is 4.41. The molecule has 0 aliphatic carbocycles. The van der Waals surface area contributed by atoms with Crippen molar-refractivity contribution in [1.82, 2.24) is 19.8 Å². The van der Waals surface area contributed by atoms with Gasteiger partial charge >= 0.3 is 0 Å². The number of rotatable bonds is 4. The Morgan fingerprint density at radius 2 is 1.70 bits per heavy atom. The Labute approximate surface area is 163 Å². The number of hydrogen-bond donors (Lipinski definition) is 0. The van der Waals surface area contributed by atoms with Crippen molar-refractivity contribution in [2.75, 3.05) is 45.2 Å². The maximum absolute atomic E-state index is 4.88. The summed E-state index contributed by atoms with van der Waals surface area (Å²) >= 11 is 0. The largest absolute Gasteiger partial charge is 0.356 e. The van der Waals surface area contributed by atoms with Crippen molar-refractivity contribution in [2.24, 2.45) is 0 Å². The summed E-state index contributed by atoms with van der Waals surface area (Å²) in [5.41, 5.74) is 2.12. The highest BCUT2D eigenvalue weighted by atomic mass is 15.3. The van der Waals surface area contributed by atoms with Gasteiger partial charge in [0.05, 0.1) is 0 Å². The van der Waals surface area contributed by atoms with Crippen LogP contribution in [-0.2, 0) is 0 Å². The van der Waals surface area contributed by atoms with Gasteiger partial charge in [-0.25, -0.2) is 9.97 Å². The van der Waals surface area contributed by atoms with Crippen LogP contribution < -0.4 is 4.90 Å². The van der Waals surface area contributed by atoms with E-state index in [2.05, 4.69) is 58.9 Å². The van der Waals surface area contributed by atoms with E-state index in [0.717, 1.165) is 48.1 Å². The normalized spacial score (nSPS) is 21.9. The van der Waals surface area contributed by atoms with Gasteiger partial charge in [0.15, 0.2) is 5.82 Å². The molecule has 2 fully saturated rings. The Kier molecular flexibility index (Phi) is 5.41. The summed E-state index contributed by atoms with van der Waals surface area (Å²) in [6.45, 7) is 6.70. The Morgan fingerprint density at radius 3 is 2.37 bits per heavy atom. The summed E-state index contributed by atoms with van der Waals surface area (Å²) < 4.78 is 0. The highest BCUT2D eigenvalue weighted by Gasteiger charge is 2.31. The van der Waals surface area contributed by atoms with Crippen LogP contribution in [0.3, 0.4) is 0 Å². The fraction of sp³-hybridized carbons (Fsp3) is 0.545. The number of nitrogens with zero attached hydrogens (tertiary/aromatic N) is 5. The van der Waals surface area contributed by atoms with Crippen molar-refractivity contribution in [3.8, 4) is 11.4 Å². The predicted molar refractivity (Wildman–Crippen MR) is 111 cm³/mol. The molecule has 0 amide bonds. The lowest BCUT2D eigenvalue weighted by Gasteiger charge is -2.37. The first-order valence-electron chi connectivity index (χ1n) is 10.2. The Bertz CT molecular complexity index is 753. The van der Waals surface area contributed by atoms with Gasteiger partial charge in [0.25, 0.3) is 0 Å². The molecule has 27 heavy (non-hydrogen) atoms. The maximum Gasteiger partial charge on any atom is 0.161 e. The molecule has 1 atom stereocenters. The number of likely N-dealkylation sites (N-methyl/N-ethyl adjacent to an activating group) is 1. The topological polar surface area (TPSA) is 35.5 Å². The van der Waals surface area contributed by atoms with E-state index in [-0.39, 0.29) is 0 Å². The fourth-order valence-corrected chi connectivity index (χ4v) is 4.41. The van der Waals surface area contributed by atoms with Gasteiger partial charge in [0.1, 0.15) is 5.82 Å². The van der Waals surface area contributed by atoms with E-state index >= 15 is 0 Å². The first-order chi connectivity index (χ1) is 13.1. The molecule has 144 valence electrons. The summed E-state index contributed by atoms with van der Waals surface area (Å²) in [5, 5.41) is 0. The van der Waals surface area contributed by atoms with E-state index in [4.69, 9.17) is 4.98 Å². The third-order valence-corrected chi connectivity index (χ3v) is 6.10. The van der Waals surface area contributed by atoms with Crippen LogP contribution in [0, 0.1) is 6.92 Å². The third-order valence-electron chi connectivity index (χ3n) is 6.10. The maximum atomic E-state index is 4.88. The second kappa shape index (κ2) is 7.95. The van der Waals surface area contributed by atoms with Gasteiger partial charge in [-0.2, -0.15) is 0 Å². The van der Waals surface area contributed by atoms with Gasteiger partial charge in [0.2, 0.25) is 0 Å². The van der Waals surface area contributed by atoms with Gasteiger partial charge in [-0.15, -0.1) is 0 Å². The average molecular weight is 366 g/mol. The van der Waals surface area contributed by atoms with Crippen molar-refractivity contribution in [2.45, 2.75) is 38.3 Å². The molecule has 5 heteroatoms. The molecular formula is C22H31N5. The summed E-state index contributed by atoms with van der Waals surface area (Å²) in [5.74, 6) is 1.91. The second-order valence-electron chi connectivity index (χ2n) is 8.18. The molecule has 0 bridgehead atoms. The van der Waals surface area contributed by atoms with Crippen LogP contribution in [0.2, 0.25) is 0 Å². The van der Waals surface area contributed by atoms with E-state index in [0.29, 0.717) is 0 Å². The average Bonchev–Trinajstić information content (AvgIpc) is 3.19. The highest BCUT2D eigenvalue weighted by molar-refractivity contribution is 5.57. The van der Waals surface area contributed by atoms with Crippen molar-refractivity contribution in [3.63, 3.8) is 0 Å². The van der Waals surface area contributed by atoms with Crippen molar-refractivity contribution >= 4 is 5.82 Å².